The van der Waals surface area contributed by atoms with Crippen molar-refractivity contribution in [2.45, 2.75) is 70.8 Å². The van der Waals surface area contributed by atoms with Crippen molar-refractivity contribution in [3.63, 3.8) is 0 Å². The van der Waals surface area contributed by atoms with E-state index in [1.165, 1.54) is 12.8 Å². The van der Waals surface area contributed by atoms with Crippen molar-refractivity contribution in [3.8, 4) is 0 Å². The molecule has 1 aliphatic carbocycles. The minimum atomic E-state index is -0.521. The summed E-state index contributed by atoms with van der Waals surface area (Å²) in [6, 6.07) is 0.170. The van der Waals surface area contributed by atoms with E-state index in [4.69, 9.17) is 4.74 Å². The summed E-state index contributed by atoms with van der Waals surface area (Å²) in [5.74, 6) is -1.01. The molecule has 0 spiro atoms. The first-order valence-corrected chi connectivity index (χ1v) is 8.40. The Labute approximate surface area is 128 Å². The molecule has 2 amide bonds. The van der Waals surface area contributed by atoms with Gasteiger partial charge in [0.1, 0.15) is 0 Å². The van der Waals surface area contributed by atoms with Gasteiger partial charge in [-0.2, -0.15) is 0 Å². The molecule has 0 heterocycles. The van der Waals surface area contributed by atoms with Crippen LogP contribution in [0.25, 0.3) is 0 Å². The van der Waals surface area contributed by atoms with Crippen molar-refractivity contribution in [3.05, 3.63) is 0 Å². The molecule has 2 N–H and O–H groups in total. The lowest BCUT2D eigenvalue weighted by Gasteiger charge is -2.15. The van der Waals surface area contributed by atoms with Crippen molar-refractivity contribution in [2.24, 2.45) is 0 Å². The van der Waals surface area contributed by atoms with Gasteiger partial charge in [-0.25, -0.2) is 0 Å². The van der Waals surface area contributed by atoms with Crippen LogP contribution in [0, 0.1) is 0 Å². The van der Waals surface area contributed by atoms with Gasteiger partial charge < -0.3 is 15.4 Å². The lowest BCUT2D eigenvalue weighted by atomic mass is 10.1. The quantitative estimate of drug-likeness (QED) is 0.410. The van der Waals surface area contributed by atoms with Gasteiger partial charge in [-0.05, 0) is 25.7 Å². The Morgan fingerprint density at radius 3 is 2.33 bits per heavy atom. The topological polar surface area (TPSA) is 67.4 Å². The zero-order valence-corrected chi connectivity index (χ0v) is 13.3. The lowest BCUT2D eigenvalue weighted by molar-refractivity contribution is -0.139. The fourth-order valence-corrected chi connectivity index (χ4v) is 2.48. The number of hydrogen-bond donors (Lipinski definition) is 2. The number of amides is 2. The minimum absolute atomic E-state index is 0.170. The maximum absolute atomic E-state index is 11.8. The van der Waals surface area contributed by atoms with Crippen LogP contribution in [-0.2, 0) is 14.3 Å². The third-order valence-electron chi connectivity index (χ3n) is 3.79. The average molecular weight is 298 g/mol. The molecule has 21 heavy (non-hydrogen) atoms. The van der Waals surface area contributed by atoms with Crippen molar-refractivity contribution in [1.82, 2.24) is 10.6 Å². The highest BCUT2D eigenvalue weighted by atomic mass is 16.5. The second-order valence-corrected chi connectivity index (χ2v) is 5.74. The summed E-state index contributed by atoms with van der Waals surface area (Å²) in [5, 5.41) is 5.49. The van der Waals surface area contributed by atoms with Crippen LogP contribution in [0.4, 0.5) is 0 Å². The van der Waals surface area contributed by atoms with E-state index < -0.39 is 11.8 Å². The zero-order valence-electron chi connectivity index (χ0n) is 13.3. The van der Waals surface area contributed by atoms with Crippen LogP contribution < -0.4 is 10.6 Å². The predicted molar refractivity (Wildman–Crippen MR) is 83.0 cm³/mol. The zero-order chi connectivity index (χ0) is 15.3. The van der Waals surface area contributed by atoms with Crippen molar-refractivity contribution in [1.29, 1.82) is 0 Å². The van der Waals surface area contributed by atoms with Crippen molar-refractivity contribution < 1.29 is 14.3 Å². The molecule has 122 valence electrons. The van der Waals surface area contributed by atoms with Crippen LogP contribution in [0.2, 0.25) is 0 Å². The average Bonchev–Trinajstić information content (AvgIpc) is 2.74. The molecule has 0 aromatic heterocycles. The maximum atomic E-state index is 11.8. The Hall–Kier alpha value is -1.10. The van der Waals surface area contributed by atoms with Gasteiger partial charge in [0.25, 0.3) is 0 Å². The van der Waals surface area contributed by atoms with Gasteiger partial charge >= 0.3 is 11.8 Å². The van der Waals surface area contributed by atoms with Crippen LogP contribution in [0.5, 0.6) is 0 Å². The summed E-state index contributed by atoms with van der Waals surface area (Å²) in [5.41, 5.74) is 0. The molecular weight excluding hydrogens is 268 g/mol. The lowest BCUT2D eigenvalue weighted by Crippen LogP contribution is -2.44. The summed E-state index contributed by atoms with van der Waals surface area (Å²) in [6.45, 7) is 4.01. The van der Waals surface area contributed by atoms with E-state index in [1.807, 2.05) is 0 Å². The normalized spacial score (nSPS) is 16.2. The number of carbonyl (C=O) groups is 2. The molecule has 0 saturated heterocycles. The fraction of sp³-hybridized carbons (Fsp3) is 0.875. The molecule has 1 rings (SSSR count). The van der Waals surface area contributed by atoms with Gasteiger partial charge in [-0.15, -0.1) is 0 Å². The first-order valence-electron chi connectivity index (χ1n) is 8.40. The summed E-state index contributed by atoms with van der Waals surface area (Å²) >= 11 is 0. The minimum Gasteiger partial charge on any atom is -0.381 e. The number of nitrogens with one attached hydrogen (secondary N) is 2. The van der Waals surface area contributed by atoms with Gasteiger partial charge in [0.05, 0.1) is 0 Å². The highest BCUT2D eigenvalue weighted by Crippen LogP contribution is 2.16. The van der Waals surface area contributed by atoms with Gasteiger partial charge in [-0.1, -0.05) is 39.0 Å². The Balaban J connectivity index is 2.06. The van der Waals surface area contributed by atoms with Crippen LogP contribution in [-0.4, -0.2) is 37.6 Å². The van der Waals surface area contributed by atoms with E-state index >= 15 is 0 Å². The largest absolute Gasteiger partial charge is 0.381 e. The molecule has 0 aromatic carbocycles. The molecular formula is C16H30N2O3. The molecule has 5 nitrogen and oxygen atoms in total. The highest BCUT2D eigenvalue weighted by molar-refractivity contribution is 6.35. The van der Waals surface area contributed by atoms with E-state index in [9.17, 15) is 9.59 Å². The second kappa shape index (κ2) is 11.5. The van der Waals surface area contributed by atoms with Gasteiger partial charge in [0.15, 0.2) is 0 Å². The summed E-state index contributed by atoms with van der Waals surface area (Å²) in [7, 11) is 0. The molecule has 1 fully saturated rings. The van der Waals surface area contributed by atoms with E-state index in [0.717, 1.165) is 51.6 Å². The van der Waals surface area contributed by atoms with Gasteiger partial charge in [0.2, 0.25) is 0 Å². The van der Waals surface area contributed by atoms with Crippen molar-refractivity contribution >= 4 is 11.8 Å². The number of hydrogen-bond acceptors (Lipinski definition) is 3. The first-order chi connectivity index (χ1) is 10.2. The monoisotopic (exact) mass is 298 g/mol. The number of ether oxygens (including phenoxy) is 1. The number of unbranched alkanes of at least 4 members (excludes halogenated alkanes) is 1. The third-order valence-corrected chi connectivity index (χ3v) is 3.79. The van der Waals surface area contributed by atoms with Crippen LogP contribution >= 0.6 is 0 Å². The molecule has 1 aliphatic rings. The smallest absolute Gasteiger partial charge is 0.309 e. The van der Waals surface area contributed by atoms with Gasteiger partial charge in [0, 0.05) is 25.8 Å². The highest BCUT2D eigenvalue weighted by Gasteiger charge is 2.19. The van der Waals surface area contributed by atoms with E-state index in [-0.39, 0.29) is 6.04 Å². The maximum Gasteiger partial charge on any atom is 0.309 e. The number of carbonyl (C=O) groups excluding carboxylic acids is 2. The Morgan fingerprint density at radius 1 is 1.00 bits per heavy atom. The van der Waals surface area contributed by atoms with Crippen LogP contribution in [0.15, 0.2) is 0 Å². The summed E-state index contributed by atoms with van der Waals surface area (Å²) in [4.78, 5) is 23.4. The molecule has 0 atom stereocenters. The number of rotatable bonds is 8. The van der Waals surface area contributed by atoms with Crippen LogP contribution in [0.1, 0.15) is 64.7 Å². The molecule has 0 aliphatic heterocycles. The summed E-state index contributed by atoms with van der Waals surface area (Å²) < 4.78 is 5.40. The van der Waals surface area contributed by atoms with Crippen LogP contribution in [0.3, 0.4) is 0 Å². The SMILES string of the molecule is CCCCOCCCNC(=O)C(=O)NC1CCCCCC1. The molecule has 5 heteroatoms. The molecule has 0 aromatic rings. The molecule has 0 bridgehead atoms. The fourth-order valence-electron chi connectivity index (χ4n) is 2.48. The first kappa shape index (κ1) is 18.0. The Morgan fingerprint density at radius 2 is 1.67 bits per heavy atom. The third kappa shape index (κ3) is 8.71. The predicted octanol–water partition coefficient (Wildman–Crippen LogP) is 2.15. The molecule has 0 radical (unpaired) electrons. The summed E-state index contributed by atoms with van der Waals surface area (Å²) in [6.07, 6.45) is 9.66. The second-order valence-electron chi connectivity index (χ2n) is 5.74. The van der Waals surface area contributed by atoms with E-state index in [1.54, 1.807) is 0 Å². The van der Waals surface area contributed by atoms with E-state index in [0.29, 0.717) is 13.2 Å². The molecule has 0 unspecified atom stereocenters. The standard InChI is InChI=1S/C16H30N2O3/c1-2-3-12-21-13-8-11-17-15(19)16(20)18-14-9-6-4-5-7-10-14/h14H,2-13H2,1H3,(H,17,19)(H,18,20). The Bertz CT molecular complexity index is 300. The van der Waals surface area contributed by atoms with Gasteiger partial charge in [-0.3, -0.25) is 9.59 Å². The molecule has 1 saturated carbocycles. The van der Waals surface area contributed by atoms with Crippen molar-refractivity contribution in [2.75, 3.05) is 19.8 Å². The van der Waals surface area contributed by atoms with E-state index in [2.05, 4.69) is 17.6 Å². The Kier molecular flexibility index (Phi) is 9.87.